The zero-order chi connectivity index (χ0) is 14.2. The van der Waals surface area contributed by atoms with E-state index in [-0.39, 0.29) is 5.60 Å². The van der Waals surface area contributed by atoms with Gasteiger partial charge in [-0.3, -0.25) is 0 Å². The Hall–Kier alpha value is -1.60. The molecular weight excluding hydrogens is 250 g/mol. The van der Waals surface area contributed by atoms with Crippen LogP contribution in [0, 0.1) is 11.3 Å². The van der Waals surface area contributed by atoms with E-state index in [4.69, 9.17) is 9.72 Å². The van der Waals surface area contributed by atoms with Crippen molar-refractivity contribution in [2.75, 3.05) is 18.0 Å². The summed E-state index contributed by atoms with van der Waals surface area (Å²) in [6.07, 6.45) is 4.48. The SMILES string of the molecule is CC1(C)Cc2nc(N3CCCCC3)c(C#N)cc2CO1. The molecule has 0 amide bonds. The number of nitrogens with zero attached hydrogens (tertiary/aromatic N) is 3. The van der Waals surface area contributed by atoms with E-state index in [9.17, 15) is 5.26 Å². The lowest BCUT2D eigenvalue weighted by Crippen LogP contribution is -2.35. The predicted octanol–water partition coefficient (Wildman–Crippen LogP) is 2.79. The molecule has 0 atom stereocenters. The summed E-state index contributed by atoms with van der Waals surface area (Å²) in [5, 5.41) is 9.40. The second-order valence-electron chi connectivity index (χ2n) is 6.35. The molecule has 3 heterocycles. The van der Waals surface area contributed by atoms with Crippen LogP contribution < -0.4 is 4.90 Å². The molecule has 0 unspecified atom stereocenters. The fourth-order valence-corrected chi connectivity index (χ4v) is 3.02. The molecule has 1 aromatic rings. The molecule has 4 heteroatoms. The zero-order valence-electron chi connectivity index (χ0n) is 12.3. The summed E-state index contributed by atoms with van der Waals surface area (Å²) in [4.78, 5) is 7.10. The van der Waals surface area contributed by atoms with Crippen molar-refractivity contribution in [3.05, 3.63) is 22.9 Å². The number of anilines is 1. The molecule has 0 N–H and O–H groups in total. The van der Waals surface area contributed by atoms with Crippen molar-refractivity contribution in [2.24, 2.45) is 0 Å². The van der Waals surface area contributed by atoms with E-state index < -0.39 is 0 Å². The summed E-state index contributed by atoms with van der Waals surface area (Å²) in [6, 6.07) is 4.28. The van der Waals surface area contributed by atoms with Gasteiger partial charge >= 0.3 is 0 Å². The van der Waals surface area contributed by atoms with Crippen LogP contribution in [0.3, 0.4) is 0 Å². The minimum absolute atomic E-state index is 0.159. The van der Waals surface area contributed by atoms with Crippen molar-refractivity contribution in [3.8, 4) is 6.07 Å². The third kappa shape index (κ3) is 2.51. The molecule has 0 bridgehead atoms. The number of fused-ring (bicyclic) bond motifs is 1. The normalized spacial score (nSPS) is 21.1. The Kier molecular flexibility index (Phi) is 3.39. The number of hydrogen-bond donors (Lipinski definition) is 0. The molecule has 1 aromatic heterocycles. The molecule has 1 saturated heterocycles. The predicted molar refractivity (Wildman–Crippen MR) is 77.6 cm³/mol. The lowest BCUT2D eigenvalue weighted by molar-refractivity contribution is -0.0412. The molecule has 0 aromatic carbocycles. The van der Waals surface area contributed by atoms with E-state index in [0.717, 1.165) is 36.6 Å². The monoisotopic (exact) mass is 271 g/mol. The van der Waals surface area contributed by atoms with Gasteiger partial charge in [-0.2, -0.15) is 5.26 Å². The second-order valence-corrected chi connectivity index (χ2v) is 6.35. The molecule has 106 valence electrons. The van der Waals surface area contributed by atoms with Crippen molar-refractivity contribution in [3.63, 3.8) is 0 Å². The molecule has 1 fully saturated rings. The molecular formula is C16H21N3O. The van der Waals surface area contributed by atoms with Crippen LogP contribution >= 0.6 is 0 Å². The van der Waals surface area contributed by atoms with Crippen LogP contribution in [-0.4, -0.2) is 23.7 Å². The molecule has 4 nitrogen and oxygen atoms in total. The van der Waals surface area contributed by atoms with Crippen LogP contribution in [0.1, 0.15) is 49.9 Å². The third-order valence-corrected chi connectivity index (χ3v) is 4.16. The van der Waals surface area contributed by atoms with Crippen molar-refractivity contribution in [2.45, 2.75) is 51.7 Å². The highest BCUT2D eigenvalue weighted by Crippen LogP contribution is 2.31. The van der Waals surface area contributed by atoms with Gasteiger partial charge in [0.15, 0.2) is 0 Å². The second kappa shape index (κ2) is 5.06. The van der Waals surface area contributed by atoms with Crippen molar-refractivity contribution >= 4 is 5.82 Å². The van der Waals surface area contributed by atoms with Gasteiger partial charge in [0.25, 0.3) is 0 Å². The van der Waals surface area contributed by atoms with Gasteiger partial charge in [0.05, 0.1) is 23.5 Å². The number of rotatable bonds is 1. The van der Waals surface area contributed by atoms with Gasteiger partial charge in [0.1, 0.15) is 11.9 Å². The number of hydrogen-bond acceptors (Lipinski definition) is 4. The minimum Gasteiger partial charge on any atom is -0.370 e. The quantitative estimate of drug-likeness (QED) is 0.788. The van der Waals surface area contributed by atoms with Gasteiger partial charge in [-0.25, -0.2) is 4.98 Å². The maximum atomic E-state index is 9.40. The largest absolute Gasteiger partial charge is 0.370 e. The Labute approximate surface area is 120 Å². The Morgan fingerprint density at radius 2 is 2.05 bits per heavy atom. The first-order chi connectivity index (χ1) is 9.59. The number of aromatic nitrogens is 1. The van der Waals surface area contributed by atoms with E-state index in [0.29, 0.717) is 12.2 Å². The van der Waals surface area contributed by atoms with Crippen LogP contribution in [-0.2, 0) is 17.8 Å². The molecule has 0 radical (unpaired) electrons. The first kappa shape index (κ1) is 13.4. The summed E-state index contributed by atoms with van der Waals surface area (Å²) in [7, 11) is 0. The van der Waals surface area contributed by atoms with Gasteiger partial charge in [-0.05, 0) is 39.2 Å². The van der Waals surface area contributed by atoms with Gasteiger partial charge in [-0.1, -0.05) is 0 Å². The summed E-state index contributed by atoms with van der Waals surface area (Å²) >= 11 is 0. The van der Waals surface area contributed by atoms with E-state index in [1.165, 1.54) is 19.3 Å². The highest BCUT2D eigenvalue weighted by atomic mass is 16.5. The fraction of sp³-hybridized carbons (Fsp3) is 0.625. The average Bonchev–Trinajstić information content (AvgIpc) is 2.46. The van der Waals surface area contributed by atoms with Crippen molar-refractivity contribution in [1.82, 2.24) is 4.98 Å². The Balaban J connectivity index is 1.99. The lowest BCUT2D eigenvalue weighted by atomic mass is 9.95. The molecule has 20 heavy (non-hydrogen) atoms. The smallest absolute Gasteiger partial charge is 0.146 e. The van der Waals surface area contributed by atoms with E-state index in [2.05, 4.69) is 24.8 Å². The Bertz CT molecular complexity index is 554. The highest BCUT2D eigenvalue weighted by molar-refractivity contribution is 5.56. The number of piperidine rings is 1. The van der Waals surface area contributed by atoms with Gasteiger partial charge in [0, 0.05) is 25.1 Å². The maximum absolute atomic E-state index is 9.40. The van der Waals surface area contributed by atoms with Crippen LogP contribution in [0.15, 0.2) is 6.07 Å². The maximum Gasteiger partial charge on any atom is 0.146 e. The first-order valence-electron chi connectivity index (χ1n) is 7.41. The summed E-state index contributed by atoms with van der Waals surface area (Å²) in [6.45, 7) is 6.78. The van der Waals surface area contributed by atoms with Crippen LogP contribution in [0.5, 0.6) is 0 Å². The molecule has 0 saturated carbocycles. The van der Waals surface area contributed by atoms with E-state index in [1.54, 1.807) is 0 Å². The lowest BCUT2D eigenvalue weighted by Gasteiger charge is -2.33. The highest BCUT2D eigenvalue weighted by Gasteiger charge is 2.29. The van der Waals surface area contributed by atoms with Gasteiger partial charge in [-0.15, -0.1) is 0 Å². The standard InChI is InChI=1S/C16H21N3O/c1-16(2)9-14-13(11-20-16)8-12(10-17)15(18-14)19-6-4-3-5-7-19/h8H,3-7,9,11H2,1-2H3. The topological polar surface area (TPSA) is 49.2 Å². The van der Waals surface area contributed by atoms with Crippen LogP contribution in [0.2, 0.25) is 0 Å². The number of pyridine rings is 1. The summed E-state index contributed by atoms with van der Waals surface area (Å²) in [5.74, 6) is 0.878. The van der Waals surface area contributed by atoms with Gasteiger partial charge in [0.2, 0.25) is 0 Å². The minimum atomic E-state index is -0.159. The summed E-state index contributed by atoms with van der Waals surface area (Å²) < 4.78 is 5.81. The van der Waals surface area contributed by atoms with Crippen LogP contribution in [0.4, 0.5) is 5.82 Å². The van der Waals surface area contributed by atoms with Crippen LogP contribution in [0.25, 0.3) is 0 Å². The molecule has 2 aliphatic heterocycles. The van der Waals surface area contributed by atoms with Crippen molar-refractivity contribution in [1.29, 1.82) is 5.26 Å². The summed E-state index contributed by atoms with van der Waals surface area (Å²) in [5.41, 5.74) is 2.70. The molecule has 0 spiro atoms. The Morgan fingerprint density at radius 1 is 1.30 bits per heavy atom. The van der Waals surface area contributed by atoms with E-state index >= 15 is 0 Å². The van der Waals surface area contributed by atoms with Crippen molar-refractivity contribution < 1.29 is 4.74 Å². The molecule has 3 rings (SSSR count). The number of nitriles is 1. The zero-order valence-corrected chi connectivity index (χ0v) is 12.3. The Morgan fingerprint density at radius 3 is 2.75 bits per heavy atom. The average molecular weight is 271 g/mol. The fourth-order valence-electron chi connectivity index (χ4n) is 3.02. The molecule has 2 aliphatic rings. The first-order valence-corrected chi connectivity index (χ1v) is 7.41. The van der Waals surface area contributed by atoms with E-state index in [1.807, 2.05) is 6.07 Å². The third-order valence-electron chi connectivity index (χ3n) is 4.16. The molecule has 0 aliphatic carbocycles. The van der Waals surface area contributed by atoms with Gasteiger partial charge < -0.3 is 9.64 Å². The number of ether oxygens (including phenoxy) is 1.